The van der Waals surface area contributed by atoms with E-state index < -0.39 is 57.6 Å². The molecule has 0 bridgehead atoms. The maximum atomic E-state index is 13.8. The first-order chi connectivity index (χ1) is 63.1. The molecule has 5 atom stereocenters. The second-order valence-electron chi connectivity index (χ2n) is 32.7. The van der Waals surface area contributed by atoms with Crippen molar-refractivity contribution < 1.29 is 131 Å². The van der Waals surface area contributed by atoms with Crippen molar-refractivity contribution in [2.75, 3.05) is 106 Å². The fraction of sp³-hybridized carbons (Fsp3) is 0.255. The van der Waals surface area contributed by atoms with Gasteiger partial charge in [-0.15, -0.1) is 0 Å². The van der Waals surface area contributed by atoms with Gasteiger partial charge in [0.05, 0.1) is 13.2 Å². The highest BCUT2D eigenvalue weighted by Crippen LogP contribution is 2.60. The number of carbonyl (C=O) groups is 5. The summed E-state index contributed by atoms with van der Waals surface area (Å²) < 4.78 is 155. The number of nitrogens with zero attached hydrogens (tertiary/aromatic N) is 4. The number of carbonyl (C=O) groups excluding carboxylic acids is 5. The lowest BCUT2D eigenvalue weighted by Crippen LogP contribution is -2.42. The van der Waals surface area contributed by atoms with Gasteiger partial charge in [-0.3, -0.25) is 24.0 Å². The number of anilines is 5. The van der Waals surface area contributed by atoms with Gasteiger partial charge < -0.3 is 106 Å². The van der Waals surface area contributed by atoms with E-state index in [0.717, 1.165) is 85.2 Å². The fourth-order valence-corrected chi connectivity index (χ4v) is 19.6. The van der Waals surface area contributed by atoms with Gasteiger partial charge in [0.15, 0.2) is 57.5 Å². The van der Waals surface area contributed by atoms with Crippen LogP contribution in [0.1, 0.15) is 105 Å². The minimum Gasteiger partial charge on any atom is -0.507 e. The number of para-hydroxylation sites is 5. The number of halogens is 6. The van der Waals surface area contributed by atoms with E-state index >= 15 is 0 Å². The van der Waals surface area contributed by atoms with Crippen LogP contribution >= 0.6 is 0 Å². The van der Waals surface area contributed by atoms with Crippen LogP contribution in [0, 0.1) is 6.92 Å². The van der Waals surface area contributed by atoms with E-state index in [-0.39, 0.29) is 88.2 Å². The average Bonchev–Trinajstić information content (AvgIpc) is 1.56. The van der Waals surface area contributed by atoms with E-state index in [1.54, 1.807) is 79.3 Å². The SMILES string of the molecule is CC[C@]1(c2cc3c(cc2C)OCO3)C(=O)N(C)c2ccccc21.CCc1ccc(C(F)(F)F)o1.CN1C(=O)[C@@]2(COc3cc4c(cc32)OCO4)c2ccccc21.CN1C(=O)[C@](CO)(c2cc3c(cc2O)OCO3)c2ccccc21.O=C1N(Cc2ccc(C(F)(F)F)o2)c2ccccc2[C@]12COc1cc3c(cc12)OCO3.O=C1Nc2ccccc2[C@]12COc1cc3c(cc12)OCO3. The predicted molar refractivity (Wildman–Crippen MR) is 456 cm³/mol. The molecule has 33 heteroatoms. The van der Waals surface area contributed by atoms with Crippen molar-refractivity contribution in [1.82, 2.24) is 0 Å². The van der Waals surface area contributed by atoms with Gasteiger partial charge in [-0.25, -0.2) is 0 Å². The van der Waals surface area contributed by atoms with Crippen molar-refractivity contribution in [1.29, 1.82) is 0 Å². The van der Waals surface area contributed by atoms with E-state index in [2.05, 4.69) is 22.7 Å². The maximum Gasteiger partial charge on any atom is 0.449 e. The number of furan rings is 2. The molecule has 25 rings (SSSR count). The lowest BCUT2D eigenvalue weighted by atomic mass is 9.71. The number of aliphatic hydroxyl groups excluding tert-OH is 1. The first-order valence-electron chi connectivity index (χ1n) is 41.7. The van der Waals surface area contributed by atoms with Crippen LogP contribution in [0.5, 0.6) is 80.5 Å². The Labute approximate surface area is 742 Å². The number of rotatable bonds is 7. The van der Waals surface area contributed by atoms with E-state index in [9.17, 15) is 60.5 Å². The molecule has 0 saturated carbocycles. The van der Waals surface area contributed by atoms with Crippen molar-refractivity contribution >= 4 is 58.0 Å². The number of aliphatic hydroxyl groups is 1. The predicted octanol–water partition coefficient (Wildman–Crippen LogP) is 16.0. The lowest BCUT2D eigenvalue weighted by molar-refractivity contribution is -0.154. The first kappa shape index (κ1) is 84.0. The van der Waals surface area contributed by atoms with Gasteiger partial charge in [-0.2, -0.15) is 26.3 Å². The molecule has 12 aromatic rings. The van der Waals surface area contributed by atoms with Crippen molar-refractivity contribution in [3.8, 4) is 80.5 Å². The van der Waals surface area contributed by atoms with Crippen molar-refractivity contribution in [3.63, 3.8) is 0 Å². The number of alkyl halides is 6. The number of benzene rings is 10. The zero-order valence-electron chi connectivity index (χ0n) is 70.7. The number of nitrogens with one attached hydrogen (secondary N) is 1. The summed E-state index contributed by atoms with van der Waals surface area (Å²) >= 11 is 0. The van der Waals surface area contributed by atoms with E-state index in [4.69, 9.17) is 66.0 Å². The number of aryl methyl sites for hydroxylation is 2. The third-order valence-electron chi connectivity index (χ3n) is 26.1. The van der Waals surface area contributed by atoms with Crippen LogP contribution in [0.2, 0.25) is 0 Å². The summed E-state index contributed by atoms with van der Waals surface area (Å²) in [5.74, 6) is 5.75. The lowest BCUT2D eigenvalue weighted by Gasteiger charge is -2.29. The fourth-order valence-electron chi connectivity index (χ4n) is 19.6. The molecule has 27 nitrogen and oxygen atoms in total. The molecule has 3 N–H and O–H groups in total. The molecule has 2 aromatic heterocycles. The minimum absolute atomic E-state index is 0.0336. The Morgan fingerprint density at radius 3 is 1.18 bits per heavy atom. The number of aromatic hydroxyl groups is 1. The largest absolute Gasteiger partial charge is 0.507 e. The van der Waals surface area contributed by atoms with Gasteiger partial charge in [0.2, 0.25) is 75.0 Å². The molecule has 15 heterocycles. The van der Waals surface area contributed by atoms with Crippen LogP contribution in [-0.2, 0) is 76.4 Å². The van der Waals surface area contributed by atoms with Gasteiger partial charge in [0, 0.05) is 103 Å². The summed E-state index contributed by atoms with van der Waals surface area (Å²) in [5, 5.41) is 23.5. The number of fused-ring (bicyclic) bond motifs is 19. The number of ether oxygens (including phenoxy) is 13. The minimum atomic E-state index is -4.59. The van der Waals surface area contributed by atoms with Gasteiger partial charge in [-0.1, -0.05) is 105 Å². The zero-order valence-corrected chi connectivity index (χ0v) is 70.7. The molecule has 10 aromatic carbocycles. The molecule has 131 heavy (non-hydrogen) atoms. The Balaban J connectivity index is 0.0000000999. The van der Waals surface area contributed by atoms with Crippen LogP contribution < -0.4 is 86.5 Å². The number of likely N-dealkylation sites (N-methyl/N-ethyl adjacent to an activating group) is 3. The number of hydrogen-bond donors (Lipinski definition) is 3. The van der Waals surface area contributed by atoms with Crippen molar-refractivity contribution in [2.24, 2.45) is 0 Å². The van der Waals surface area contributed by atoms with Crippen LogP contribution in [0.4, 0.5) is 54.8 Å². The van der Waals surface area contributed by atoms with E-state index in [0.29, 0.717) is 123 Å². The Hall–Kier alpha value is -15.2. The third-order valence-corrected chi connectivity index (χ3v) is 26.1. The Morgan fingerprint density at radius 2 is 0.718 bits per heavy atom. The van der Waals surface area contributed by atoms with E-state index in [1.165, 1.54) is 28.0 Å². The number of phenols is 1. The quantitative estimate of drug-likeness (QED) is 0.125. The van der Waals surface area contributed by atoms with Gasteiger partial charge in [0.25, 0.3) is 0 Å². The molecule has 3 spiro atoms. The summed E-state index contributed by atoms with van der Waals surface area (Å²) in [6.07, 6.45) is -7.76. The number of phenolic OH excluding ortho intramolecular Hbond substituents is 1. The molecular weight excluding hydrogens is 1710 g/mol. The summed E-state index contributed by atoms with van der Waals surface area (Å²) in [4.78, 5) is 72.0. The Morgan fingerprint density at radius 1 is 0.359 bits per heavy atom. The number of amides is 5. The Kier molecular flexibility index (Phi) is 20.1. The molecule has 670 valence electrons. The van der Waals surface area contributed by atoms with Crippen LogP contribution in [-0.4, -0.2) is 121 Å². The molecule has 13 aliphatic heterocycles. The molecule has 0 saturated heterocycles. The first-order valence-corrected chi connectivity index (χ1v) is 41.7. The van der Waals surface area contributed by atoms with Crippen LogP contribution in [0.15, 0.2) is 215 Å². The van der Waals surface area contributed by atoms with Gasteiger partial charge >= 0.3 is 12.4 Å². The van der Waals surface area contributed by atoms with Crippen molar-refractivity contribution in [2.45, 2.75) is 79.6 Å². The van der Waals surface area contributed by atoms with Gasteiger partial charge in [-0.05, 0) is 143 Å². The highest BCUT2D eigenvalue weighted by Gasteiger charge is 2.61. The molecular formula is C98H79F6N5O22. The summed E-state index contributed by atoms with van der Waals surface area (Å²) in [6, 6.07) is 60.2. The second-order valence-corrected chi connectivity index (χ2v) is 32.7. The molecule has 0 radical (unpaired) electrons. The normalized spacial score (nSPS) is 21.3. The Bertz CT molecular complexity index is 6590. The summed E-state index contributed by atoms with van der Waals surface area (Å²) in [6.45, 7) is 6.72. The second kappa shape index (κ2) is 31.4. The van der Waals surface area contributed by atoms with E-state index in [1.807, 2.05) is 135 Å². The smallest absolute Gasteiger partial charge is 0.449 e. The highest BCUT2D eigenvalue weighted by molar-refractivity contribution is 6.15. The average molecular weight is 1790 g/mol. The monoisotopic (exact) mass is 1790 g/mol. The van der Waals surface area contributed by atoms with Crippen LogP contribution in [0.3, 0.4) is 0 Å². The molecule has 0 aliphatic carbocycles. The highest BCUT2D eigenvalue weighted by atomic mass is 19.4. The molecule has 5 amide bonds. The maximum absolute atomic E-state index is 13.8. The topological polar surface area (TPSA) is 297 Å². The molecule has 13 aliphatic rings. The third kappa shape index (κ3) is 13.0. The zero-order chi connectivity index (χ0) is 91.2. The summed E-state index contributed by atoms with van der Waals surface area (Å²) in [5.41, 5.74) is 8.48. The standard InChI is InChI=1S/C22H14F3NO5.C19H19NO3.C17H15NO5.C17H13NO4.C16H11NO4.C7H7F3O/c23-22(24,25)19-6-5-12(31-19)9-26-15-4-2-1-3-13(15)21(20(26)27)10-28-16-8-18-17(7-14(16)21)29-11-30-18;1-4-19(13-7-5-6-8-15(13)20(3)18(19)21)14-10-17-16(9-12(14)2)22-11-23-17;1-18-12-5-3-2-4-10(12)17(8-19,16(18)21)11-6-14-15(7-13(11)20)23-9-22-14;1-18-12-5-3-2-4-10(12)17(16(18)19)8-20-13-7-15-14(6-11(13)17)21-9-22-15;18-15-16(9-3-1-2-4-11(9)17-15)7-19-12-6-14-13(5-10(12)16)20-8-21-14;1-2-5-3-4-6(11-5)7(8,9)10/h1-8H,9-11H2;5-10H,4,11H2,1-3H3;2-7,19-20H,8-9H2,1H3;2-7H,8-9H2,1H3;1-6H,7-8H2,(H,17,18);3-4H,2H2,1H3/t21-;19-;2*17-;16-;/m00000./s1. The van der Waals surface area contributed by atoms with Crippen molar-refractivity contribution in [3.05, 3.63) is 290 Å². The van der Waals surface area contributed by atoms with Crippen LogP contribution in [0.25, 0.3) is 0 Å². The number of hydrogen-bond acceptors (Lipinski definition) is 22. The summed E-state index contributed by atoms with van der Waals surface area (Å²) in [7, 11) is 5.31. The molecule has 0 unspecified atom stereocenters. The van der Waals surface area contributed by atoms with Gasteiger partial charge in [0.1, 0.15) is 81.4 Å². The molecule has 0 fully saturated rings.